The Labute approximate surface area is 150 Å². The average molecular weight is 343 g/mol. The number of aryl methyl sites for hydroxylation is 2. The maximum Gasteiger partial charge on any atom is 0.257 e. The van der Waals surface area contributed by atoms with E-state index in [4.69, 9.17) is 4.42 Å². The predicted octanol–water partition coefficient (Wildman–Crippen LogP) is 4.76. The summed E-state index contributed by atoms with van der Waals surface area (Å²) in [6.45, 7) is 3.81. The first-order valence-corrected chi connectivity index (χ1v) is 8.31. The first-order chi connectivity index (χ1) is 12.6. The van der Waals surface area contributed by atoms with Gasteiger partial charge < -0.3 is 9.73 Å². The highest BCUT2D eigenvalue weighted by atomic mass is 16.3. The normalized spacial score (nSPS) is 10.8. The van der Waals surface area contributed by atoms with Gasteiger partial charge in [0.05, 0.1) is 23.7 Å². The molecule has 1 amide bonds. The molecule has 5 nitrogen and oxygen atoms in total. The smallest absolute Gasteiger partial charge is 0.257 e. The second-order valence-electron chi connectivity index (χ2n) is 6.09. The van der Waals surface area contributed by atoms with Gasteiger partial charge in [-0.2, -0.15) is 0 Å². The van der Waals surface area contributed by atoms with Gasteiger partial charge in [-0.3, -0.25) is 9.78 Å². The summed E-state index contributed by atoms with van der Waals surface area (Å²) in [6, 6.07) is 15.2. The van der Waals surface area contributed by atoms with Gasteiger partial charge in [0.15, 0.2) is 5.82 Å². The lowest BCUT2D eigenvalue weighted by Crippen LogP contribution is -2.14. The van der Waals surface area contributed by atoms with E-state index >= 15 is 0 Å². The molecule has 0 aliphatic heterocycles. The summed E-state index contributed by atoms with van der Waals surface area (Å²) in [5, 5.41) is 3.78. The highest BCUT2D eigenvalue weighted by molar-refractivity contribution is 6.04. The zero-order valence-electron chi connectivity index (χ0n) is 14.5. The zero-order valence-corrected chi connectivity index (χ0v) is 14.5. The number of furan rings is 1. The van der Waals surface area contributed by atoms with E-state index in [1.807, 2.05) is 56.3 Å². The number of nitrogens with one attached hydrogen (secondary N) is 1. The molecule has 1 N–H and O–H groups in total. The Balaban J connectivity index is 1.62. The van der Waals surface area contributed by atoms with E-state index in [0.29, 0.717) is 17.1 Å². The number of carbonyl (C=O) groups excluding carboxylic acids is 1. The Kier molecular flexibility index (Phi) is 3.97. The third-order valence-electron chi connectivity index (χ3n) is 4.31. The van der Waals surface area contributed by atoms with Crippen molar-refractivity contribution in [3.63, 3.8) is 0 Å². The minimum atomic E-state index is -0.199. The monoisotopic (exact) mass is 343 g/mol. The summed E-state index contributed by atoms with van der Waals surface area (Å²) in [5.74, 6) is 1.000. The number of rotatable bonds is 3. The number of hydrogen-bond donors (Lipinski definition) is 1. The summed E-state index contributed by atoms with van der Waals surface area (Å²) in [5.41, 5.74) is 3.98. The van der Waals surface area contributed by atoms with Crippen LogP contribution < -0.4 is 5.32 Å². The summed E-state index contributed by atoms with van der Waals surface area (Å²) in [6.07, 6.45) is 3.21. The first-order valence-electron chi connectivity index (χ1n) is 8.31. The fourth-order valence-electron chi connectivity index (χ4n) is 3.02. The Morgan fingerprint density at radius 2 is 1.73 bits per heavy atom. The molecule has 5 heteroatoms. The van der Waals surface area contributed by atoms with Crippen molar-refractivity contribution in [1.29, 1.82) is 0 Å². The van der Waals surface area contributed by atoms with Gasteiger partial charge in [0.25, 0.3) is 5.91 Å². The summed E-state index contributed by atoms with van der Waals surface area (Å²) in [7, 11) is 0. The van der Waals surface area contributed by atoms with Crippen molar-refractivity contribution in [3.8, 4) is 11.3 Å². The van der Waals surface area contributed by atoms with Crippen LogP contribution in [-0.4, -0.2) is 15.9 Å². The van der Waals surface area contributed by atoms with Crippen molar-refractivity contribution >= 4 is 22.7 Å². The van der Waals surface area contributed by atoms with E-state index in [-0.39, 0.29) is 5.91 Å². The van der Waals surface area contributed by atoms with E-state index < -0.39 is 0 Å². The maximum absolute atomic E-state index is 12.4. The molecular weight excluding hydrogens is 326 g/mol. The van der Waals surface area contributed by atoms with Crippen molar-refractivity contribution in [2.24, 2.45) is 0 Å². The summed E-state index contributed by atoms with van der Waals surface area (Å²) < 4.78 is 5.78. The molecule has 2 aromatic heterocycles. The molecule has 0 bridgehead atoms. The SMILES string of the molecule is Cc1ccccc1C(=O)Nc1cnc(-c2c(C)oc3ccccc23)cn1. The highest BCUT2D eigenvalue weighted by Crippen LogP contribution is 2.32. The molecule has 128 valence electrons. The molecular formula is C21H17N3O2. The first kappa shape index (κ1) is 16.0. The Hall–Kier alpha value is -3.47. The van der Waals surface area contributed by atoms with Crippen LogP contribution in [0.5, 0.6) is 0 Å². The largest absolute Gasteiger partial charge is 0.461 e. The molecule has 0 radical (unpaired) electrons. The fraction of sp³-hybridized carbons (Fsp3) is 0.0952. The molecule has 0 spiro atoms. The van der Waals surface area contributed by atoms with Crippen LogP contribution in [0.2, 0.25) is 0 Å². The van der Waals surface area contributed by atoms with Crippen LogP contribution >= 0.6 is 0 Å². The molecule has 2 aromatic carbocycles. The van der Waals surface area contributed by atoms with Gasteiger partial charge in [-0.1, -0.05) is 36.4 Å². The quantitative estimate of drug-likeness (QED) is 0.582. The van der Waals surface area contributed by atoms with Crippen LogP contribution in [0.1, 0.15) is 21.7 Å². The Bertz CT molecular complexity index is 1100. The van der Waals surface area contributed by atoms with E-state index in [2.05, 4.69) is 15.3 Å². The van der Waals surface area contributed by atoms with Crippen molar-refractivity contribution in [1.82, 2.24) is 9.97 Å². The molecule has 4 rings (SSSR count). The third kappa shape index (κ3) is 2.84. The van der Waals surface area contributed by atoms with Gasteiger partial charge in [0.1, 0.15) is 11.3 Å². The minimum absolute atomic E-state index is 0.199. The molecule has 26 heavy (non-hydrogen) atoms. The number of hydrogen-bond acceptors (Lipinski definition) is 4. The predicted molar refractivity (Wildman–Crippen MR) is 101 cm³/mol. The lowest BCUT2D eigenvalue weighted by Gasteiger charge is -2.07. The number of amides is 1. The minimum Gasteiger partial charge on any atom is -0.461 e. The van der Waals surface area contributed by atoms with Crippen LogP contribution in [0.15, 0.2) is 65.3 Å². The number of benzene rings is 2. The van der Waals surface area contributed by atoms with Crippen LogP contribution in [0, 0.1) is 13.8 Å². The van der Waals surface area contributed by atoms with Gasteiger partial charge in [0, 0.05) is 10.9 Å². The van der Waals surface area contributed by atoms with Crippen LogP contribution in [0.3, 0.4) is 0 Å². The average Bonchev–Trinajstić information content (AvgIpc) is 2.98. The summed E-state index contributed by atoms with van der Waals surface area (Å²) in [4.78, 5) is 21.2. The molecule has 2 heterocycles. The number of fused-ring (bicyclic) bond motifs is 1. The number of aromatic nitrogens is 2. The Morgan fingerprint density at radius 1 is 0.962 bits per heavy atom. The van der Waals surface area contributed by atoms with Gasteiger partial charge in [-0.25, -0.2) is 4.98 Å². The Morgan fingerprint density at radius 3 is 2.50 bits per heavy atom. The topological polar surface area (TPSA) is 68.0 Å². The number of nitrogens with zero attached hydrogens (tertiary/aromatic N) is 2. The third-order valence-corrected chi connectivity index (χ3v) is 4.31. The standard InChI is InChI=1S/C21H17N3O2/c1-13-7-3-4-8-15(13)21(25)24-19-12-22-17(11-23-19)20-14(2)26-18-10-6-5-9-16(18)20/h3-12H,1-2H3,(H,23,24,25). The molecule has 0 aliphatic carbocycles. The second-order valence-corrected chi connectivity index (χ2v) is 6.09. The van der Waals surface area contributed by atoms with Crippen molar-refractivity contribution in [3.05, 3.63) is 77.8 Å². The molecule has 0 unspecified atom stereocenters. The molecule has 0 saturated heterocycles. The van der Waals surface area contributed by atoms with Gasteiger partial charge in [-0.05, 0) is 31.5 Å². The van der Waals surface area contributed by atoms with E-state index in [1.165, 1.54) is 0 Å². The highest BCUT2D eigenvalue weighted by Gasteiger charge is 2.15. The lowest BCUT2D eigenvalue weighted by atomic mass is 10.1. The van der Waals surface area contributed by atoms with Gasteiger partial charge in [0.2, 0.25) is 0 Å². The van der Waals surface area contributed by atoms with Crippen LogP contribution in [-0.2, 0) is 0 Å². The lowest BCUT2D eigenvalue weighted by molar-refractivity contribution is 0.102. The van der Waals surface area contributed by atoms with Crippen molar-refractivity contribution in [2.75, 3.05) is 5.32 Å². The fourth-order valence-corrected chi connectivity index (χ4v) is 3.02. The molecule has 0 saturated carbocycles. The number of carbonyl (C=O) groups is 1. The molecule has 4 aromatic rings. The van der Waals surface area contributed by atoms with Crippen molar-refractivity contribution in [2.45, 2.75) is 13.8 Å². The zero-order chi connectivity index (χ0) is 18.1. The molecule has 0 aliphatic rings. The molecule has 0 atom stereocenters. The number of para-hydroxylation sites is 1. The molecule has 0 fully saturated rings. The maximum atomic E-state index is 12.4. The van der Waals surface area contributed by atoms with Gasteiger partial charge in [-0.15, -0.1) is 0 Å². The van der Waals surface area contributed by atoms with Crippen LogP contribution in [0.25, 0.3) is 22.2 Å². The summed E-state index contributed by atoms with van der Waals surface area (Å²) >= 11 is 0. The van der Waals surface area contributed by atoms with Gasteiger partial charge >= 0.3 is 0 Å². The number of anilines is 1. The second kappa shape index (κ2) is 6.44. The van der Waals surface area contributed by atoms with E-state index in [0.717, 1.165) is 27.9 Å². The van der Waals surface area contributed by atoms with Crippen LogP contribution in [0.4, 0.5) is 5.82 Å². The van der Waals surface area contributed by atoms with E-state index in [1.54, 1.807) is 18.5 Å². The van der Waals surface area contributed by atoms with E-state index in [9.17, 15) is 4.79 Å². The van der Waals surface area contributed by atoms with Crippen molar-refractivity contribution < 1.29 is 9.21 Å².